The van der Waals surface area contributed by atoms with E-state index in [9.17, 15) is 4.79 Å². The van der Waals surface area contributed by atoms with Gasteiger partial charge in [0.25, 0.3) is 0 Å². The minimum Gasteiger partial charge on any atom is -0.496 e. The van der Waals surface area contributed by atoms with Crippen molar-refractivity contribution in [1.82, 2.24) is 0 Å². The summed E-state index contributed by atoms with van der Waals surface area (Å²) in [6, 6.07) is 11.3. The lowest BCUT2D eigenvalue weighted by atomic mass is 10.1. The molecule has 0 aliphatic heterocycles. The van der Waals surface area contributed by atoms with E-state index in [-0.39, 0.29) is 5.78 Å². The molecule has 0 N–H and O–H groups in total. The minimum absolute atomic E-state index is 0.0194. The number of benzene rings is 1. The molecule has 0 aliphatic rings. The number of hydrogen-bond acceptors (Lipinski definition) is 3. The molecule has 1 aromatic heterocycles. The fourth-order valence-electron chi connectivity index (χ4n) is 1.47. The number of methoxy groups -OCH3 is 1. The molecule has 0 saturated heterocycles. The Kier molecular flexibility index (Phi) is 3.73. The Labute approximate surface area is 104 Å². The van der Waals surface area contributed by atoms with Gasteiger partial charge in [0.15, 0.2) is 5.78 Å². The number of hydrogen-bond donors (Lipinski definition) is 0. The van der Waals surface area contributed by atoms with Gasteiger partial charge in [-0.15, -0.1) is 11.3 Å². The van der Waals surface area contributed by atoms with Crippen LogP contribution in [0.15, 0.2) is 47.9 Å². The van der Waals surface area contributed by atoms with Crippen molar-refractivity contribution in [3.05, 3.63) is 58.3 Å². The largest absolute Gasteiger partial charge is 0.496 e. The van der Waals surface area contributed by atoms with Gasteiger partial charge in [-0.25, -0.2) is 0 Å². The molecule has 0 spiro atoms. The maximum absolute atomic E-state index is 11.8. The van der Waals surface area contributed by atoms with Crippen LogP contribution in [-0.4, -0.2) is 12.9 Å². The zero-order chi connectivity index (χ0) is 12.1. The van der Waals surface area contributed by atoms with Crippen LogP contribution in [0, 0.1) is 0 Å². The smallest absolute Gasteiger partial charge is 0.195 e. The summed E-state index contributed by atoms with van der Waals surface area (Å²) in [4.78, 5) is 12.5. The molecule has 0 atom stereocenters. The minimum atomic E-state index is 0.0194. The van der Waals surface area contributed by atoms with Gasteiger partial charge in [0.2, 0.25) is 0 Å². The third-order valence-corrected chi connectivity index (χ3v) is 3.20. The number of allylic oxidation sites excluding steroid dienone is 1. The highest BCUT2D eigenvalue weighted by Crippen LogP contribution is 2.19. The topological polar surface area (TPSA) is 26.3 Å². The SMILES string of the molecule is COc1ccccc1/C=C/C(=O)c1cccs1. The van der Waals surface area contributed by atoms with Crippen molar-refractivity contribution in [2.45, 2.75) is 0 Å². The standard InChI is InChI=1S/C14H12O2S/c1-16-13-6-3-2-5-11(13)8-9-12(15)14-7-4-10-17-14/h2-10H,1H3/b9-8+. The van der Waals surface area contributed by atoms with Gasteiger partial charge in [-0.3, -0.25) is 4.79 Å². The summed E-state index contributed by atoms with van der Waals surface area (Å²) >= 11 is 1.44. The lowest BCUT2D eigenvalue weighted by molar-refractivity contribution is 0.105. The summed E-state index contributed by atoms with van der Waals surface area (Å²) in [7, 11) is 1.62. The van der Waals surface area contributed by atoms with Gasteiger partial charge >= 0.3 is 0 Å². The lowest BCUT2D eigenvalue weighted by Crippen LogP contribution is -1.90. The fourth-order valence-corrected chi connectivity index (χ4v) is 2.12. The van der Waals surface area contributed by atoms with Crippen LogP contribution in [0.25, 0.3) is 6.08 Å². The summed E-state index contributed by atoms with van der Waals surface area (Å²) in [6.45, 7) is 0. The molecule has 17 heavy (non-hydrogen) atoms. The second kappa shape index (κ2) is 5.46. The molecule has 0 fully saturated rings. The third-order valence-electron chi connectivity index (χ3n) is 2.32. The maximum atomic E-state index is 11.8. The average molecular weight is 244 g/mol. The zero-order valence-electron chi connectivity index (χ0n) is 9.42. The molecule has 0 unspecified atom stereocenters. The number of para-hydroxylation sites is 1. The molecule has 0 amide bonds. The second-order valence-electron chi connectivity index (χ2n) is 3.42. The molecular formula is C14H12O2S. The van der Waals surface area contributed by atoms with Crippen molar-refractivity contribution in [1.29, 1.82) is 0 Å². The fraction of sp³-hybridized carbons (Fsp3) is 0.0714. The van der Waals surface area contributed by atoms with Crippen molar-refractivity contribution in [2.75, 3.05) is 7.11 Å². The first kappa shape index (κ1) is 11.6. The summed E-state index contributed by atoms with van der Waals surface area (Å²) < 4.78 is 5.21. The van der Waals surface area contributed by atoms with Crippen LogP contribution in [0.1, 0.15) is 15.2 Å². The molecule has 1 aromatic carbocycles. The van der Waals surface area contributed by atoms with Crippen molar-refractivity contribution in [3.8, 4) is 5.75 Å². The summed E-state index contributed by atoms with van der Waals surface area (Å²) in [5.41, 5.74) is 0.903. The van der Waals surface area contributed by atoms with Crippen LogP contribution in [-0.2, 0) is 0 Å². The van der Waals surface area contributed by atoms with Crippen LogP contribution in [0.5, 0.6) is 5.75 Å². The van der Waals surface area contributed by atoms with E-state index in [0.717, 1.165) is 16.2 Å². The Morgan fingerprint density at radius 2 is 2.06 bits per heavy atom. The number of ketones is 1. The van der Waals surface area contributed by atoms with Gasteiger partial charge in [-0.2, -0.15) is 0 Å². The highest BCUT2D eigenvalue weighted by molar-refractivity contribution is 7.12. The molecule has 0 aliphatic carbocycles. The number of ether oxygens (including phenoxy) is 1. The quantitative estimate of drug-likeness (QED) is 0.606. The van der Waals surface area contributed by atoms with Crippen LogP contribution in [0.4, 0.5) is 0 Å². The first-order valence-corrected chi connectivity index (χ1v) is 6.08. The summed E-state index contributed by atoms with van der Waals surface area (Å²) in [5, 5.41) is 1.89. The van der Waals surface area contributed by atoms with Crippen LogP contribution in [0.3, 0.4) is 0 Å². The number of carbonyl (C=O) groups excluding carboxylic acids is 1. The van der Waals surface area contributed by atoms with Gasteiger partial charge in [0.05, 0.1) is 12.0 Å². The van der Waals surface area contributed by atoms with E-state index in [1.165, 1.54) is 11.3 Å². The molecule has 2 nitrogen and oxygen atoms in total. The normalized spacial score (nSPS) is 10.6. The number of thiophene rings is 1. The van der Waals surface area contributed by atoms with Crippen LogP contribution >= 0.6 is 11.3 Å². The van der Waals surface area contributed by atoms with Crippen molar-refractivity contribution < 1.29 is 9.53 Å². The molecule has 86 valence electrons. The van der Waals surface area contributed by atoms with Gasteiger partial charge in [0, 0.05) is 5.56 Å². The van der Waals surface area contributed by atoms with Crippen molar-refractivity contribution in [2.24, 2.45) is 0 Å². The highest BCUT2D eigenvalue weighted by atomic mass is 32.1. The predicted molar refractivity (Wildman–Crippen MR) is 70.7 cm³/mol. The molecule has 1 heterocycles. The van der Waals surface area contributed by atoms with E-state index in [1.807, 2.05) is 41.8 Å². The number of carbonyl (C=O) groups is 1. The predicted octanol–water partition coefficient (Wildman–Crippen LogP) is 3.65. The van der Waals surface area contributed by atoms with Gasteiger partial charge in [-0.05, 0) is 29.7 Å². The van der Waals surface area contributed by atoms with Crippen LogP contribution < -0.4 is 4.74 Å². The van der Waals surface area contributed by atoms with Gasteiger partial charge < -0.3 is 4.74 Å². The Bertz CT molecular complexity index is 527. The first-order chi connectivity index (χ1) is 8.31. The van der Waals surface area contributed by atoms with Crippen LogP contribution in [0.2, 0.25) is 0 Å². The van der Waals surface area contributed by atoms with E-state index in [0.29, 0.717) is 0 Å². The average Bonchev–Trinajstić information content (AvgIpc) is 2.90. The van der Waals surface area contributed by atoms with Crippen molar-refractivity contribution >= 4 is 23.2 Å². The Balaban J connectivity index is 2.18. The van der Waals surface area contributed by atoms with E-state index < -0.39 is 0 Å². The van der Waals surface area contributed by atoms with Gasteiger partial charge in [-0.1, -0.05) is 24.3 Å². The second-order valence-corrected chi connectivity index (χ2v) is 4.36. The molecule has 0 bridgehead atoms. The maximum Gasteiger partial charge on any atom is 0.195 e. The van der Waals surface area contributed by atoms with E-state index in [1.54, 1.807) is 19.3 Å². The summed E-state index contributed by atoms with van der Waals surface area (Å²) in [5.74, 6) is 0.786. The molecule has 2 aromatic rings. The first-order valence-electron chi connectivity index (χ1n) is 5.20. The van der Waals surface area contributed by atoms with E-state index >= 15 is 0 Å². The molecular weight excluding hydrogens is 232 g/mol. The molecule has 0 saturated carbocycles. The molecule has 0 radical (unpaired) electrons. The number of rotatable bonds is 4. The third kappa shape index (κ3) is 2.82. The summed E-state index contributed by atoms with van der Waals surface area (Å²) in [6.07, 6.45) is 3.35. The highest BCUT2D eigenvalue weighted by Gasteiger charge is 2.02. The zero-order valence-corrected chi connectivity index (χ0v) is 10.2. The Morgan fingerprint density at radius 1 is 1.24 bits per heavy atom. The lowest BCUT2D eigenvalue weighted by Gasteiger charge is -2.02. The van der Waals surface area contributed by atoms with Gasteiger partial charge in [0.1, 0.15) is 5.75 Å². The van der Waals surface area contributed by atoms with E-state index in [2.05, 4.69) is 0 Å². The molecule has 2 rings (SSSR count). The Morgan fingerprint density at radius 3 is 2.76 bits per heavy atom. The monoisotopic (exact) mass is 244 g/mol. The van der Waals surface area contributed by atoms with E-state index in [4.69, 9.17) is 4.74 Å². The molecule has 3 heteroatoms. The Hall–Kier alpha value is -1.87. The van der Waals surface area contributed by atoms with Crippen molar-refractivity contribution in [3.63, 3.8) is 0 Å².